The molecule has 3 aromatic carbocycles. The van der Waals surface area contributed by atoms with E-state index in [1.807, 2.05) is 24.3 Å². The van der Waals surface area contributed by atoms with Gasteiger partial charge in [0.05, 0.1) is 21.3 Å². The lowest BCUT2D eigenvalue weighted by molar-refractivity contribution is 0.414. The fourth-order valence-corrected chi connectivity index (χ4v) is 3.22. The lowest BCUT2D eigenvalue weighted by Gasteiger charge is -2.00. The third kappa shape index (κ3) is 10.1. The van der Waals surface area contributed by atoms with Crippen molar-refractivity contribution in [2.75, 3.05) is 27.1 Å². The third-order valence-electron chi connectivity index (χ3n) is 4.67. The minimum Gasteiger partial charge on any atom is -0.497 e. The highest BCUT2D eigenvalue weighted by atomic mass is 35.5. The molecule has 0 aliphatic rings. The fraction of sp³-hybridized carbons (Fsp3) is 0.120. The molecule has 13 heteroatoms. The lowest BCUT2D eigenvalue weighted by Crippen LogP contribution is -2.11. The number of aromatic nitrogens is 2. The van der Waals surface area contributed by atoms with Crippen molar-refractivity contribution in [3.8, 4) is 28.6 Å². The standard InChI is InChI=1S/C9H9N3OS.C8H9ClN2O.C8H10N2O.ClH/c1-13-7-4-2-6(3-5-7)8-11-9(10)14-12-8;1-12-7-4-2-6(3-5-7)8(10)11-9;1-11-7-4-2-6(3-5-7)8(9)10;/h2-5H,1H3,(H2,10,11,12);2-5H,1H3,(H2,10,11);2-5H,1H3,(H3,9,10);1H. The van der Waals surface area contributed by atoms with Crippen LogP contribution < -0.4 is 31.4 Å². The molecule has 1 heterocycles. The predicted molar refractivity (Wildman–Crippen MR) is 157 cm³/mol. The molecule has 4 rings (SSSR count). The number of nitrogen functional groups attached to an aromatic ring is 2. The first kappa shape index (κ1) is 32.0. The molecule has 0 unspecified atom stereocenters. The minimum atomic E-state index is 0. The highest BCUT2D eigenvalue weighted by Gasteiger charge is 2.04. The SMILES string of the molecule is COc1ccc(-c2nsc(N)n2)cc1.COc1ccc(C(=N)N)cc1.COc1ccc(C(N)=NCl)cc1.Cl. The van der Waals surface area contributed by atoms with Crippen LogP contribution in [0.5, 0.6) is 17.2 Å². The number of nitrogens with zero attached hydrogens (tertiary/aromatic N) is 3. The summed E-state index contributed by atoms with van der Waals surface area (Å²) in [4.78, 5) is 4.08. The Morgan fingerprint density at radius 2 is 1.21 bits per heavy atom. The van der Waals surface area contributed by atoms with Gasteiger partial charge in [0.15, 0.2) is 11.0 Å². The van der Waals surface area contributed by atoms with E-state index in [2.05, 4.69) is 13.9 Å². The Morgan fingerprint density at radius 1 is 0.789 bits per heavy atom. The largest absolute Gasteiger partial charge is 0.497 e. The fourth-order valence-electron chi connectivity index (χ4n) is 2.67. The Kier molecular flexibility index (Phi) is 14.0. The average Bonchev–Trinajstić information content (AvgIpc) is 3.39. The molecule has 0 radical (unpaired) electrons. The predicted octanol–water partition coefficient (Wildman–Crippen LogP) is 4.75. The molecule has 0 aliphatic carbocycles. The molecular formula is C25H29Cl2N7O3S. The van der Waals surface area contributed by atoms with Gasteiger partial charge in [-0.05, 0) is 72.8 Å². The monoisotopic (exact) mass is 577 g/mol. The number of halogens is 2. The lowest BCUT2D eigenvalue weighted by atomic mass is 10.2. The van der Waals surface area contributed by atoms with Crippen LogP contribution in [0.1, 0.15) is 11.1 Å². The quantitative estimate of drug-likeness (QED) is 0.188. The molecule has 0 saturated heterocycles. The number of benzene rings is 3. The van der Waals surface area contributed by atoms with Crippen LogP contribution >= 0.6 is 35.7 Å². The van der Waals surface area contributed by atoms with Crippen LogP contribution in [0.15, 0.2) is 77.3 Å². The Hall–Kier alpha value is -4.06. The molecule has 0 bridgehead atoms. The van der Waals surface area contributed by atoms with Gasteiger partial charge in [0.1, 0.15) is 28.9 Å². The van der Waals surface area contributed by atoms with Crippen molar-refractivity contribution in [3.05, 3.63) is 83.9 Å². The zero-order chi connectivity index (χ0) is 27.2. The van der Waals surface area contributed by atoms with Gasteiger partial charge in [-0.2, -0.15) is 13.9 Å². The van der Waals surface area contributed by atoms with Gasteiger partial charge in [0, 0.05) is 40.0 Å². The van der Waals surface area contributed by atoms with Gasteiger partial charge in [-0.3, -0.25) is 5.41 Å². The van der Waals surface area contributed by atoms with Crippen LogP contribution in [-0.2, 0) is 0 Å². The van der Waals surface area contributed by atoms with Gasteiger partial charge in [-0.1, -0.05) is 0 Å². The normalized spacial score (nSPS) is 9.95. The van der Waals surface area contributed by atoms with Crippen molar-refractivity contribution in [1.82, 2.24) is 9.36 Å². The Balaban J connectivity index is 0.000000284. The second kappa shape index (κ2) is 16.6. The number of rotatable bonds is 6. The Morgan fingerprint density at radius 3 is 1.55 bits per heavy atom. The van der Waals surface area contributed by atoms with Crippen molar-refractivity contribution >= 4 is 52.5 Å². The summed E-state index contributed by atoms with van der Waals surface area (Å²) in [7, 11) is 4.84. The van der Waals surface area contributed by atoms with Gasteiger partial charge < -0.3 is 31.4 Å². The van der Waals surface area contributed by atoms with E-state index in [9.17, 15) is 0 Å². The van der Waals surface area contributed by atoms with Gasteiger partial charge in [-0.15, -0.1) is 12.4 Å². The van der Waals surface area contributed by atoms with Crippen molar-refractivity contribution in [2.24, 2.45) is 16.0 Å². The number of ether oxygens (including phenoxy) is 3. The van der Waals surface area contributed by atoms with E-state index in [0.29, 0.717) is 22.4 Å². The zero-order valence-corrected chi connectivity index (χ0v) is 23.3. The first-order valence-electron chi connectivity index (χ1n) is 10.6. The summed E-state index contributed by atoms with van der Waals surface area (Å²) in [6.07, 6.45) is 0. The number of hydrogen-bond acceptors (Lipinski definition) is 9. The molecule has 1 aromatic heterocycles. The molecule has 0 atom stereocenters. The summed E-state index contributed by atoms with van der Waals surface area (Å²) in [6, 6.07) is 21.8. The topological polar surface area (TPSA) is 168 Å². The van der Waals surface area contributed by atoms with Gasteiger partial charge >= 0.3 is 0 Å². The highest BCUT2D eigenvalue weighted by Crippen LogP contribution is 2.21. The molecule has 0 aliphatic heterocycles. The van der Waals surface area contributed by atoms with E-state index in [0.717, 1.165) is 28.4 Å². The van der Waals surface area contributed by atoms with E-state index < -0.39 is 0 Å². The van der Waals surface area contributed by atoms with Crippen LogP contribution in [0.4, 0.5) is 5.13 Å². The van der Waals surface area contributed by atoms with Crippen LogP contribution in [0.2, 0.25) is 0 Å². The summed E-state index contributed by atoms with van der Waals surface area (Å²) < 4.78 is 22.4. The molecule has 38 heavy (non-hydrogen) atoms. The molecule has 0 fully saturated rings. The minimum absolute atomic E-state index is 0. The molecule has 0 spiro atoms. The maximum absolute atomic E-state index is 7.10. The Bertz CT molecular complexity index is 1280. The number of nitrogens with two attached hydrogens (primary N) is 3. The molecular weight excluding hydrogens is 549 g/mol. The van der Waals surface area contributed by atoms with Crippen LogP contribution in [-0.4, -0.2) is 42.4 Å². The summed E-state index contributed by atoms with van der Waals surface area (Å²) in [6.45, 7) is 0. The summed E-state index contributed by atoms with van der Waals surface area (Å²) >= 11 is 6.39. The molecule has 0 saturated carbocycles. The second-order valence-corrected chi connectivity index (χ2v) is 7.98. The van der Waals surface area contributed by atoms with Crippen molar-refractivity contribution in [3.63, 3.8) is 0 Å². The van der Waals surface area contributed by atoms with Crippen LogP contribution in [0.3, 0.4) is 0 Å². The first-order chi connectivity index (χ1) is 17.8. The van der Waals surface area contributed by atoms with E-state index in [-0.39, 0.29) is 18.2 Å². The van der Waals surface area contributed by atoms with Crippen LogP contribution in [0.25, 0.3) is 11.4 Å². The third-order valence-corrected chi connectivity index (χ3v) is 5.39. The number of amidine groups is 2. The van der Waals surface area contributed by atoms with Crippen LogP contribution in [0, 0.1) is 5.41 Å². The van der Waals surface area contributed by atoms with Crippen molar-refractivity contribution in [1.29, 1.82) is 5.41 Å². The number of anilines is 1. The van der Waals surface area contributed by atoms with E-state index >= 15 is 0 Å². The molecule has 4 aromatic rings. The van der Waals surface area contributed by atoms with Crippen molar-refractivity contribution in [2.45, 2.75) is 0 Å². The van der Waals surface area contributed by atoms with Gasteiger partial charge in [0.25, 0.3) is 0 Å². The molecule has 0 amide bonds. The van der Waals surface area contributed by atoms with Gasteiger partial charge in [0.2, 0.25) is 0 Å². The second-order valence-electron chi connectivity index (χ2n) is 7.03. The molecule has 202 valence electrons. The Labute approximate surface area is 236 Å². The highest BCUT2D eigenvalue weighted by molar-refractivity contribution is 7.09. The number of nitrogens with one attached hydrogen (secondary N) is 1. The average molecular weight is 579 g/mol. The molecule has 7 N–H and O–H groups in total. The van der Waals surface area contributed by atoms with E-state index in [4.69, 9.17) is 48.6 Å². The smallest absolute Gasteiger partial charge is 0.200 e. The maximum atomic E-state index is 7.10. The summed E-state index contributed by atoms with van der Waals surface area (Å²) in [5, 5.41) is 7.58. The number of hydrogen-bond donors (Lipinski definition) is 4. The van der Waals surface area contributed by atoms with Crippen molar-refractivity contribution < 1.29 is 14.2 Å². The molecule has 10 nitrogen and oxygen atoms in total. The van der Waals surface area contributed by atoms with Gasteiger partial charge in [-0.25, -0.2) is 0 Å². The van der Waals surface area contributed by atoms with E-state index in [1.165, 1.54) is 11.5 Å². The maximum Gasteiger partial charge on any atom is 0.200 e. The first-order valence-corrected chi connectivity index (χ1v) is 11.7. The van der Waals surface area contributed by atoms with E-state index in [1.54, 1.807) is 69.9 Å². The summed E-state index contributed by atoms with van der Waals surface area (Å²) in [5.41, 5.74) is 18.6. The zero-order valence-electron chi connectivity index (χ0n) is 20.9. The summed E-state index contributed by atoms with van der Waals surface area (Å²) in [5.74, 6) is 3.41. The number of methoxy groups -OCH3 is 3.